The molecule has 1 amide bonds. The van der Waals surface area contributed by atoms with Crippen molar-refractivity contribution in [2.45, 2.75) is 25.2 Å². The maximum absolute atomic E-state index is 12.4. The monoisotopic (exact) mass is 412 g/mol. The van der Waals surface area contributed by atoms with E-state index in [2.05, 4.69) is 10.1 Å². The largest absolute Gasteiger partial charge is 0.573 e. The first kappa shape index (κ1) is 20.4. The quantitative estimate of drug-likeness (QED) is 0.741. The highest BCUT2D eigenvalue weighted by Crippen LogP contribution is 2.25. The van der Waals surface area contributed by atoms with Gasteiger partial charge in [-0.25, -0.2) is 0 Å². The average Bonchev–Trinajstić information content (AvgIpc) is 2.46. The number of nitrogens with two attached hydrogens (primary N) is 1. The van der Waals surface area contributed by atoms with Gasteiger partial charge in [0.05, 0.1) is 5.54 Å². The molecule has 0 fully saturated rings. The Labute approximate surface area is 158 Å². The highest BCUT2D eigenvalue weighted by molar-refractivity contribution is 6.35. The normalized spacial score (nSPS) is 13.8. The van der Waals surface area contributed by atoms with Gasteiger partial charge in [0.25, 0.3) is 0 Å². The molecule has 0 aromatic heterocycles. The molecule has 0 aliphatic heterocycles. The first-order chi connectivity index (χ1) is 11.9. The molecule has 9 heteroatoms. The van der Waals surface area contributed by atoms with Crippen LogP contribution in [0.15, 0.2) is 42.5 Å². The zero-order valence-corrected chi connectivity index (χ0v) is 15.0. The number of hydrogen-bond donors (Lipinski definition) is 2. The molecule has 4 nitrogen and oxygen atoms in total. The van der Waals surface area contributed by atoms with E-state index < -0.39 is 17.8 Å². The standard InChI is InChI=1S/C17H15Cl2F3N2O2/c1-16(23,15(25)24-13-7-11(18)6-12(19)8-13)9-10-2-4-14(5-3-10)26-17(20,21)22/h2-8H,9,23H2,1H3,(H,24,25)/t16-/m1/s1/i6+1,7+1,8+1,11+1,12+1,13+1. The van der Waals surface area contributed by atoms with Gasteiger partial charge in [0.1, 0.15) is 5.75 Å². The predicted octanol–water partition coefficient (Wildman–Crippen LogP) is 4.79. The number of hydrogen-bond acceptors (Lipinski definition) is 3. The first-order valence-electron chi connectivity index (χ1n) is 7.36. The van der Waals surface area contributed by atoms with Crippen molar-refractivity contribution in [1.82, 2.24) is 0 Å². The number of ether oxygens (including phenoxy) is 1. The third-order valence-corrected chi connectivity index (χ3v) is 3.80. The van der Waals surface area contributed by atoms with E-state index in [1.165, 1.54) is 37.3 Å². The molecule has 2 aromatic carbocycles. The number of rotatable bonds is 5. The minimum absolute atomic E-state index is 0.0967. The molecule has 0 radical (unpaired) electrons. The number of nitrogens with one attached hydrogen (secondary N) is 1. The summed E-state index contributed by atoms with van der Waals surface area (Å²) in [6, 6.07) is 9.70. The van der Waals surface area contributed by atoms with Crippen LogP contribution in [0.2, 0.25) is 10.0 Å². The fraction of sp³-hybridized carbons (Fsp3) is 0.235. The zero-order chi connectivity index (χ0) is 19.5. The van der Waals surface area contributed by atoms with Crippen molar-refractivity contribution in [2.24, 2.45) is 5.73 Å². The molecular formula is C17H15Cl2F3N2O2. The second kappa shape index (κ2) is 7.73. The van der Waals surface area contributed by atoms with Gasteiger partial charge in [-0.05, 0) is 49.2 Å². The SMILES string of the molecule is C[C@@](N)(Cc1ccc(OC(F)(F)F)cc1)C(=O)N[13c]1[13cH][13c](Cl)[13cH][13c](Cl)[13cH]1. The average molecular weight is 413 g/mol. The topological polar surface area (TPSA) is 64.3 Å². The molecule has 0 spiro atoms. The molecule has 1 atom stereocenters. The van der Waals surface area contributed by atoms with E-state index in [-0.39, 0.29) is 12.2 Å². The number of anilines is 1. The number of amides is 1. The van der Waals surface area contributed by atoms with E-state index in [0.29, 0.717) is 21.3 Å². The third-order valence-electron chi connectivity index (χ3n) is 3.37. The van der Waals surface area contributed by atoms with E-state index in [1.54, 1.807) is 0 Å². The van der Waals surface area contributed by atoms with Crippen LogP contribution >= 0.6 is 23.2 Å². The van der Waals surface area contributed by atoms with Crippen molar-refractivity contribution in [2.75, 3.05) is 5.32 Å². The van der Waals surface area contributed by atoms with Gasteiger partial charge in [-0.1, -0.05) is 35.3 Å². The maximum atomic E-state index is 12.4. The van der Waals surface area contributed by atoms with E-state index in [0.717, 1.165) is 12.1 Å². The summed E-state index contributed by atoms with van der Waals surface area (Å²) in [5.74, 6) is -0.843. The molecule has 26 heavy (non-hydrogen) atoms. The number of carbonyl (C=O) groups excluding carboxylic acids is 1. The van der Waals surface area contributed by atoms with Gasteiger partial charge in [-0.2, -0.15) is 0 Å². The summed E-state index contributed by atoms with van der Waals surface area (Å²) in [4.78, 5) is 12.4. The van der Waals surface area contributed by atoms with Gasteiger partial charge >= 0.3 is 6.36 Å². The summed E-state index contributed by atoms with van der Waals surface area (Å²) in [5.41, 5.74) is 5.71. The number of alkyl halides is 3. The molecule has 0 bridgehead atoms. The van der Waals surface area contributed by atoms with Crippen LogP contribution in [-0.2, 0) is 11.2 Å². The summed E-state index contributed by atoms with van der Waals surface area (Å²) in [6.45, 7) is 1.51. The van der Waals surface area contributed by atoms with E-state index >= 15 is 0 Å². The first-order valence-corrected chi connectivity index (χ1v) is 8.11. The molecular weight excluding hydrogens is 398 g/mol. The van der Waals surface area contributed by atoms with Crippen LogP contribution in [0.4, 0.5) is 18.9 Å². The van der Waals surface area contributed by atoms with Crippen molar-refractivity contribution in [1.29, 1.82) is 0 Å². The predicted molar refractivity (Wildman–Crippen MR) is 94.5 cm³/mol. The fourth-order valence-corrected chi connectivity index (χ4v) is 2.74. The lowest BCUT2D eigenvalue weighted by Gasteiger charge is -2.24. The summed E-state index contributed by atoms with van der Waals surface area (Å²) >= 11 is 11.8. The number of benzene rings is 2. The molecule has 0 saturated heterocycles. The lowest BCUT2D eigenvalue weighted by atomic mass is 9.93. The lowest BCUT2D eigenvalue weighted by Crippen LogP contribution is -2.50. The summed E-state index contributed by atoms with van der Waals surface area (Å²) in [7, 11) is 0. The molecule has 0 aliphatic carbocycles. The Morgan fingerprint density at radius 1 is 1.12 bits per heavy atom. The Morgan fingerprint density at radius 3 is 2.15 bits per heavy atom. The highest BCUT2D eigenvalue weighted by atomic mass is 35.5. The van der Waals surface area contributed by atoms with E-state index in [1.807, 2.05) is 0 Å². The van der Waals surface area contributed by atoms with Crippen molar-refractivity contribution in [3.05, 3.63) is 58.1 Å². The van der Waals surface area contributed by atoms with Gasteiger partial charge in [-0.15, -0.1) is 13.2 Å². The molecule has 2 aromatic rings. The van der Waals surface area contributed by atoms with Crippen LogP contribution in [0.1, 0.15) is 12.5 Å². The van der Waals surface area contributed by atoms with Crippen LogP contribution < -0.4 is 15.8 Å². The molecule has 0 unspecified atom stereocenters. The van der Waals surface area contributed by atoms with Crippen LogP contribution in [0.25, 0.3) is 0 Å². The summed E-state index contributed by atoms with van der Waals surface area (Å²) in [5, 5.41) is 3.33. The Hall–Kier alpha value is -1.96. The molecule has 0 aliphatic rings. The van der Waals surface area contributed by atoms with Crippen LogP contribution in [0.5, 0.6) is 5.75 Å². The minimum Gasteiger partial charge on any atom is -0.406 e. The van der Waals surface area contributed by atoms with Gasteiger partial charge in [0.2, 0.25) is 5.91 Å². The number of carbonyl (C=O) groups is 1. The smallest absolute Gasteiger partial charge is 0.406 e. The molecule has 140 valence electrons. The van der Waals surface area contributed by atoms with E-state index in [9.17, 15) is 18.0 Å². The van der Waals surface area contributed by atoms with Crippen molar-refractivity contribution in [3.8, 4) is 5.75 Å². The molecule has 3 N–H and O–H groups in total. The van der Waals surface area contributed by atoms with Crippen LogP contribution in [0.3, 0.4) is 0 Å². The highest BCUT2D eigenvalue weighted by Gasteiger charge is 2.31. The summed E-state index contributed by atoms with van der Waals surface area (Å²) < 4.78 is 40.3. The lowest BCUT2D eigenvalue weighted by molar-refractivity contribution is -0.274. The Kier molecular flexibility index (Phi) is 6.05. The van der Waals surface area contributed by atoms with Gasteiger partial charge < -0.3 is 15.8 Å². The van der Waals surface area contributed by atoms with Gasteiger partial charge in [0, 0.05) is 15.7 Å². The molecule has 2 rings (SSSR count). The van der Waals surface area contributed by atoms with Crippen LogP contribution in [0, 0.1) is 0 Å². The van der Waals surface area contributed by atoms with Crippen LogP contribution in [-0.4, -0.2) is 17.8 Å². The number of halogens is 5. The maximum Gasteiger partial charge on any atom is 0.573 e. The Morgan fingerprint density at radius 2 is 1.65 bits per heavy atom. The second-order valence-electron chi connectivity index (χ2n) is 5.90. The summed E-state index contributed by atoms with van der Waals surface area (Å²) in [6.07, 6.45) is -4.67. The minimum atomic E-state index is -4.76. The van der Waals surface area contributed by atoms with Crippen molar-refractivity contribution < 1.29 is 22.7 Å². The van der Waals surface area contributed by atoms with Gasteiger partial charge in [-0.3, -0.25) is 4.79 Å². The second-order valence-corrected chi connectivity index (χ2v) is 6.77. The fourth-order valence-electron chi connectivity index (χ4n) is 2.21. The molecule has 0 heterocycles. The Balaban J connectivity index is 2.06. The van der Waals surface area contributed by atoms with Gasteiger partial charge in [0.15, 0.2) is 0 Å². The van der Waals surface area contributed by atoms with Crippen molar-refractivity contribution in [3.63, 3.8) is 0 Å². The zero-order valence-electron chi connectivity index (χ0n) is 13.5. The molecule has 0 saturated carbocycles. The van der Waals surface area contributed by atoms with Crippen molar-refractivity contribution >= 4 is 34.8 Å². The van der Waals surface area contributed by atoms with E-state index in [4.69, 9.17) is 28.9 Å². The third kappa shape index (κ3) is 6.09. The Bertz CT molecular complexity index is 773.